The van der Waals surface area contributed by atoms with E-state index in [1.165, 1.54) is 12.1 Å². The summed E-state index contributed by atoms with van der Waals surface area (Å²) in [4.78, 5) is 12.3. The van der Waals surface area contributed by atoms with Crippen molar-refractivity contribution in [2.45, 2.75) is 32.5 Å². The Balaban J connectivity index is 2.14. The highest BCUT2D eigenvalue weighted by Crippen LogP contribution is 2.25. The largest absolute Gasteiger partial charge is 0.507 e. The normalized spacial score (nSPS) is 13.5. The van der Waals surface area contributed by atoms with Crippen LogP contribution in [0.15, 0.2) is 48.5 Å². The Hall–Kier alpha value is -2.37. The molecule has 0 saturated carbocycles. The molecule has 0 radical (unpaired) electrons. The van der Waals surface area contributed by atoms with Crippen molar-refractivity contribution in [2.75, 3.05) is 0 Å². The number of carbonyl (C=O) groups excluding carboxylic acids is 1. The van der Waals surface area contributed by atoms with Gasteiger partial charge in [0.15, 0.2) is 0 Å². The number of carbonyl (C=O) groups is 1. The van der Waals surface area contributed by atoms with Crippen LogP contribution in [0.5, 0.6) is 5.75 Å². The van der Waals surface area contributed by atoms with Gasteiger partial charge in [0.2, 0.25) is 0 Å². The van der Waals surface area contributed by atoms with Gasteiger partial charge >= 0.3 is 0 Å². The highest BCUT2D eigenvalue weighted by atomic mass is 16.3. The van der Waals surface area contributed by atoms with Gasteiger partial charge in [0.05, 0.1) is 11.7 Å². The van der Waals surface area contributed by atoms with Crippen LogP contribution in [0.25, 0.3) is 0 Å². The maximum atomic E-state index is 12.3. The van der Waals surface area contributed by atoms with Crippen LogP contribution < -0.4 is 11.1 Å². The van der Waals surface area contributed by atoms with Gasteiger partial charge in [0, 0.05) is 12.6 Å². The molecule has 0 heterocycles. The number of benzene rings is 2. The standard InChI is InChI=1S/C19H24N2O3/c1-12(2)17(20)18(23)14-8-9-16(22)15(10-14)19(24)21-11-13-6-4-3-5-7-13/h3-10,12,17-18,22-23H,11,20H2,1-2H3,(H,21,24). The molecule has 5 nitrogen and oxygen atoms in total. The molecule has 2 unspecified atom stereocenters. The molecule has 2 aromatic rings. The molecule has 5 N–H and O–H groups in total. The Morgan fingerprint density at radius 2 is 1.83 bits per heavy atom. The van der Waals surface area contributed by atoms with Gasteiger partial charge in [-0.15, -0.1) is 0 Å². The molecule has 0 fully saturated rings. The molecule has 0 spiro atoms. The number of aliphatic hydroxyl groups excluding tert-OH is 1. The van der Waals surface area contributed by atoms with Crippen LogP contribution in [-0.4, -0.2) is 22.2 Å². The quantitative estimate of drug-likeness (QED) is 0.654. The number of aromatic hydroxyl groups is 1. The van der Waals surface area contributed by atoms with Crippen LogP contribution in [0, 0.1) is 5.92 Å². The van der Waals surface area contributed by atoms with Gasteiger partial charge in [-0.3, -0.25) is 4.79 Å². The monoisotopic (exact) mass is 328 g/mol. The number of hydrogen-bond acceptors (Lipinski definition) is 4. The number of hydrogen-bond donors (Lipinski definition) is 4. The van der Waals surface area contributed by atoms with Crippen LogP contribution in [0.2, 0.25) is 0 Å². The third kappa shape index (κ3) is 4.34. The Labute approximate surface area is 142 Å². The minimum atomic E-state index is -0.897. The van der Waals surface area contributed by atoms with Crippen molar-refractivity contribution in [3.8, 4) is 5.75 Å². The molecular formula is C19H24N2O3. The van der Waals surface area contributed by atoms with Crippen molar-refractivity contribution in [1.29, 1.82) is 0 Å². The first-order valence-electron chi connectivity index (χ1n) is 7.99. The van der Waals surface area contributed by atoms with E-state index >= 15 is 0 Å². The summed E-state index contributed by atoms with van der Waals surface area (Å²) in [5.41, 5.74) is 7.58. The van der Waals surface area contributed by atoms with E-state index in [1.54, 1.807) is 6.07 Å². The fraction of sp³-hybridized carbons (Fsp3) is 0.316. The zero-order chi connectivity index (χ0) is 17.7. The van der Waals surface area contributed by atoms with Gasteiger partial charge in [0.25, 0.3) is 5.91 Å². The van der Waals surface area contributed by atoms with Gasteiger partial charge < -0.3 is 21.3 Å². The van der Waals surface area contributed by atoms with E-state index in [1.807, 2.05) is 44.2 Å². The van der Waals surface area contributed by atoms with Crippen LogP contribution in [0.4, 0.5) is 0 Å². The van der Waals surface area contributed by atoms with Crippen molar-refractivity contribution >= 4 is 5.91 Å². The second kappa shape index (κ2) is 7.95. The van der Waals surface area contributed by atoms with E-state index in [4.69, 9.17) is 5.73 Å². The summed E-state index contributed by atoms with van der Waals surface area (Å²) in [6, 6.07) is 13.5. The maximum Gasteiger partial charge on any atom is 0.255 e. The Morgan fingerprint density at radius 1 is 1.17 bits per heavy atom. The molecule has 0 bridgehead atoms. The second-order valence-corrected chi connectivity index (χ2v) is 6.21. The van der Waals surface area contributed by atoms with Crippen molar-refractivity contribution < 1.29 is 15.0 Å². The van der Waals surface area contributed by atoms with Crippen molar-refractivity contribution in [3.05, 3.63) is 65.2 Å². The van der Waals surface area contributed by atoms with Crippen molar-refractivity contribution in [3.63, 3.8) is 0 Å². The Bertz CT molecular complexity index is 686. The first-order chi connectivity index (χ1) is 11.4. The first kappa shape index (κ1) is 18.0. The number of aliphatic hydroxyl groups is 1. The summed E-state index contributed by atoms with van der Waals surface area (Å²) >= 11 is 0. The molecular weight excluding hydrogens is 304 g/mol. The number of amides is 1. The summed E-state index contributed by atoms with van der Waals surface area (Å²) in [6.07, 6.45) is -0.897. The minimum absolute atomic E-state index is 0.0872. The molecule has 24 heavy (non-hydrogen) atoms. The Kier molecular flexibility index (Phi) is 5.95. The number of phenols is 1. The molecule has 0 aromatic heterocycles. The van der Waals surface area contributed by atoms with E-state index in [0.717, 1.165) is 5.56 Å². The van der Waals surface area contributed by atoms with E-state index in [2.05, 4.69) is 5.32 Å². The smallest absolute Gasteiger partial charge is 0.255 e. The lowest BCUT2D eigenvalue weighted by Crippen LogP contribution is -2.33. The molecule has 0 aliphatic rings. The number of nitrogens with one attached hydrogen (secondary N) is 1. The fourth-order valence-electron chi connectivity index (χ4n) is 2.38. The highest BCUT2D eigenvalue weighted by molar-refractivity contribution is 5.97. The van der Waals surface area contributed by atoms with Gasteiger partial charge in [-0.1, -0.05) is 50.2 Å². The summed E-state index contributed by atoms with van der Waals surface area (Å²) in [5, 5.41) is 23.0. The van der Waals surface area contributed by atoms with Gasteiger partial charge in [-0.2, -0.15) is 0 Å². The maximum absolute atomic E-state index is 12.3. The number of nitrogens with two attached hydrogens (primary N) is 1. The zero-order valence-electron chi connectivity index (χ0n) is 13.9. The minimum Gasteiger partial charge on any atom is -0.507 e. The van der Waals surface area contributed by atoms with E-state index in [9.17, 15) is 15.0 Å². The lowest BCUT2D eigenvalue weighted by atomic mass is 9.93. The summed E-state index contributed by atoms with van der Waals surface area (Å²) < 4.78 is 0. The molecule has 0 aliphatic heterocycles. The van der Waals surface area contributed by atoms with Gasteiger partial charge in [-0.05, 0) is 29.2 Å². The molecule has 0 aliphatic carbocycles. The lowest BCUT2D eigenvalue weighted by molar-refractivity contribution is 0.0947. The van der Waals surface area contributed by atoms with Gasteiger partial charge in [0.1, 0.15) is 5.75 Å². The van der Waals surface area contributed by atoms with Crippen LogP contribution >= 0.6 is 0 Å². The summed E-state index contributed by atoms with van der Waals surface area (Å²) in [6.45, 7) is 4.20. The van der Waals surface area contributed by atoms with Crippen LogP contribution in [0.3, 0.4) is 0 Å². The lowest BCUT2D eigenvalue weighted by Gasteiger charge is -2.23. The van der Waals surface area contributed by atoms with E-state index in [0.29, 0.717) is 12.1 Å². The molecule has 2 rings (SSSR count). The SMILES string of the molecule is CC(C)C(N)C(O)c1ccc(O)c(C(=O)NCc2ccccc2)c1. The summed E-state index contributed by atoms with van der Waals surface area (Å²) in [7, 11) is 0. The highest BCUT2D eigenvalue weighted by Gasteiger charge is 2.22. The topological polar surface area (TPSA) is 95.6 Å². The number of rotatable bonds is 6. The molecule has 2 atom stereocenters. The third-order valence-corrected chi connectivity index (χ3v) is 4.04. The van der Waals surface area contributed by atoms with Gasteiger partial charge in [-0.25, -0.2) is 0 Å². The molecule has 0 saturated heterocycles. The zero-order valence-corrected chi connectivity index (χ0v) is 13.9. The van der Waals surface area contributed by atoms with Crippen molar-refractivity contribution in [1.82, 2.24) is 5.32 Å². The van der Waals surface area contributed by atoms with E-state index in [-0.39, 0.29) is 17.2 Å². The molecule has 128 valence electrons. The summed E-state index contributed by atoms with van der Waals surface area (Å²) in [5.74, 6) is -0.442. The van der Waals surface area contributed by atoms with Crippen molar-refractivity contribution in [2.24, 2.45) is 11.7 Å². The molecule has 1 amide bonds. The average molecular weight is 328 g/mol. The predicted molar refractivity (Wildman–Crippen MR) is 93.5 cm³/mol. The molecule has 5 heteroatoms. The first-order valence-corrected chi connectivity index (χ1v) is 7.99. The average Bonchev–Trinajstić information content (AvgIpc) is 2.59. The van der Waals surface area contributed by atoms with Crippen LogP contribution in [-0.2, 0) is 6.54 Å². The Morgan fingerprint density at radius 3 is 2.46 bits per heavy atom. The fourth-order valence-corrected chi connectivity index (χ4v) is 2.38. The molecule has 2 aromatic carbocycles. The second-order valence-electron chi connectivity index (χ2n) is 6.21. The van der Waals surface area contributed by atoms with E-state index < -0.39 is 18.1 Å². The number of phenolic OH excluding ortho intramolecular Hbond substituents is 1. The van der Waals surface area contributed by atoms with Crippen LogP contribution in [0.1, 0.15) is 41.4 Å². The third-order valence-electron chi connectivity index (χ3n) is 4.04. The predicted octanol–water partition coefficient (Wildman–Crippen LogP) is 2.34.